The lowest BCUT2D eigenvalue weighted by Crippen LogP contribution is -2.44. The summed E-state index contributed by atoms with van der Waals surface area (Å²) in [6.07, 6.45) is 2.07. The van der Waals surface area contributed by atoms with Gasteiger partial charge in [-0.2, -0.15) is 0 Å². The molecule has 1 fully saturated rings. The zero-order valence-electron chi connectivity index (χ0n) is 19.8. The molecule has 192 valence electrons. The number of amides is 1. The second-order valence-electron chi connectivity index (χ2n) is 8.25. The van der Waals surface area contributed by atoms with Gasteiger partial charge in [-0.25, -0.2) is 12.8 Å². The summed E-state index contributed by atoms with van der Waals surface area (Å²) >= 11 is 12.5. The molecule has 8 nitrogen and oxygen atoms in total. The smallest absolute Gasteiger partial charge is 0.269 e. The number of nitrogens with zero attached hydrogens (tertiary/aromatic N) is 1. The predicted molar refractivity (Wildman–Crippen MR) is 136 cm³/mol. The number of likely N-dealkylation sites (N-methyl/N-ethyl adjacent to an activating group) is 1. The van der Waals surface area contributed by atoms with E-state index in [1.807, 2.05) is 7.05 Å². The summed E-state index contributed by atoms with van der Waals surface area (Å²) in [5.74, 6) is -1.28. The van der Waals surface area contributed by atoms with Gasteiger partial charge in [-0.15, -0.1) is 0 Å². The van der Waals surface area contributed by atoms with Crippen LogP contribution < -0.4 is 20.9 Å². The summed E-state index contributed by atoms with van der Waals surface area (Å²) in [5.41, 5.74) is 5.32. The number of carbonyl (C=O) groups excluding carboxylic acids is 1. The average molecular weight is 547 g/mol. The molecule has 35 heavy (non-hydrogen) atoms. The van der Waals surface area contributed by atoms with Crippen molar-refractivity contribution in [3.8, 4) is 5.75 Å². The van der Waals surface area contributed by atoms with Gasteiger partial charge in [0.25, 0.3) is 5.91 Å². The Balaban J connectivity index is 1.77. The van der Waals surface area contributed by atoms with Gasteiger partial charge in [0.1, 0.15) is 11.6 Å². The first-order chi connectivity index (χ1) is 16.6. The van der Waals surface area contributed by atoms with Gasteiger partial charge in [0.05, 0.1) is 28.5 Å². The van der Waals surface area contributed by atoms with E-state index in [1.165, 1.54) is 32.2 Å². The SMILES string of the molecule is CCS(=O)(=O)c1cc(OC)c(Cl)cc1NNC(=O)c1cc(F)c(CN2CCC[C@H](NC)C2)c(Cl)c1. The number of ether oxygens (including phenoxy) is 1. The Labute approximate surface area is 215 Å². The molecule has 0 bridgehead atoms. The van der Waals surface area contributed by atoms with Crippen LogP contribution in [0.1, 0.15) is 35.7 Å². The fraction of sp³-hybridized carbons (Fsp3) is 0.435. The highest BCUT2D eigenvalue weighted by Crippen LogP contribution is 2.34. The highest BCUT2D eigenvalue weighted by Gasteiger charge is 2.23. The third-order valence-electron chi connectivity index (χ3n) is 5.98. The van der Waals surface area contributed by atoms with Crippen LogP contribution in [-0.2, 0) is 16.4 Å². The molecule has 1 aliphatic heterocycles. The van der Waals surface area contributed by atoms with Gasteiger partial charge in [0.2, 0.25) is 0 Å². The number of likely N-dealkylation sites (tertiary alicyclic amines) is 1. The van der Waals surface area contributed by atoms with Crippen molar-refractivity contribution in [1.29, 1.82) is 0 Å². The van der Waals surface area contributed by atoms with Crippen LogP contribution in [0.15, 0.2) is 29.2 Å². The molecule has 1 aliphatic rings. The van der Waals surface area contributed by atoms with Crippen LogP contribution in [-0.4, -0.2) is 58.3 Å². The maximum Gasteiger partial charge on any atom is 0.269 e. The van der Waals surface area contributed by atoms with E-state index in [0.29, 0.717) is 18.2 Å². The fourth-order valence-electron chi connectivity index (χ4n) is 3.94. The van der Waals surface area contributed by atoms with E-state index in [9.17, 15) is 17.6 Å². The molecule has 1 heterocycles. The van der Waals surface area contributed by atoms with Gasteiger partial charge in [-0.3, -0.25) is 20.5 Å². The van der Waals surface area contributed by atoms with Gasteiger partial charge in [-0.05, 0) is 44.6 Å². The number of carbonyl (C=O) groups is 1. The van der Waals surface area contributed by atoms with E-state index < -0.39 is 21.6 Å². The van der Waals surface area contributed by atoms with Crippen molar-refractivity contribution in [2.45, 2.75) is 37.2 Å². The normalized spacial score (nSPS) is 16.7. The monoisotopic (exact) mass is 546 g/mol. The Morgan fingerprint density at radius 2 is 1.97 bits per heavy atom. The molecule has 3 N–H and O–H groups in total. The first kappa shape index (κ1) is 27.5. The van der Waals surface area contributed by atoms with E-state index in [2.05, 4.69) is 21.1 Å². The lowest BCUT2D eigenvalue weighted by atomic mass is 10.0. The Morgan fingerprint density at radius 3 is 2.60 bits per heavy atom. The highest BCUT2D eigenvalue weighted by molar-refractivity contribution is 7.91. The number of anilines is 1. The zero-order chi connectivity index (χ0) is 25.8. The van der Waals surface area contributed by atoms with E-state index in [0.717, 1.165) is 32.0 Å². The summed E-state index contributed by atoms with van der Waals surface area (Å²) in [4.78, 5) is 14.7. The molecule has 0 aromatic heterocycles. The number of hydrogen-bond acceptors (Lipinski definition) is 7. The minimum Gasteiger partial charge on any atom is -0.495 e. The van der Waals surface area contributed by atoms with Gasteiger partial charge in [0.15, 0.2) is 9.84 Å². The van der Waals surface area contributed by atoms with Crippen molar-refractivity contribution in [2.24, 2.45) is 0 Å². The number of nitrogens with one attached hydrogen (secondary N) is 3. The molecule has 1 amide bonds. The lowest BCUT2D eigenvalue weighted by Gasteiger charge is -2.32. The van der Waals surface area contributed by atoms with Gasteiger partial charge in [0, 0.05) is 41.3 Å². The van der Waals surface area contributed by atoms with E-state index in [4.69, 9.17) is 27.9 Å². The molecule has 1 saturated heterocycles. The molecule has 1 atom stereocenters. The van der Waals surface area contributed by atoms with Crippen molar-refractivity contribution in [1.82, 2.24) is 15.6 Å². The maximum atomic E-state index is 14.9. The Bertz CT molecular complexity index is 1170. The van der Waals surface area contributed by atoms with Crippen LogP contribution in [0.5, 0.6) is 5.75 Å². The van der Waals surface area contributed by atoms with Crippen molar-refractivity contribution in [2.75, 3.05) is 38.4 Å². The Kier molecular flexibility index (Phi) is 9.22. The second kappa shape index (κ2) is 11.7. The number of hydrazine groups is 1. The molecule has 0 unspecified atom stereocenters. The number of rotatable bonds is 9. The zero-order valence-corrected chi connectivity index (χ0v) is 22.1. The van der Waals surface area contributed by atoms with Crippen molar-refractivity contribution < 1.29 is 22.3 Å². The second-order valence-corrected chi connectivity index (χ2v) is 11.3. The number of methoxy groups -OCH3 is 1. The third kappa shape index (κ3) is 6.56. The Morgan fingerprint density at radius 1 is 1.23 bits per heavy atom. The number of sulfone groups is 1. The maximum absolute atomic E-state index is 14.9. The minimum atomic E-state index is -3.67. The average Bonchev–Trinajstić information content (AvgIpc) is 2.84. The summed E-state index contributed by atoms with van der Waals surface area (Å²) in [6, 6.07) is 5.45. The van der Waals surface area contributed by atoms with Crippen LogP contribution in [0.3, 0.4) is 0 Å². The number of hydrogen-bond donors (Lipinski definition) is 3. The summed E-state index contributed by atoms with van der Waals surface area (Å²) in [5, 5.41) is 3.54. The Hall–Kier alpha value is -2.11. The van der Waals surface area contributed by atoms with Crippen molar-refractivity contribution in [3.05, 3.63) is 51.3 Å². The first-order valence-electron chi connectivity index (χ1n) is 11.1. The van der Waals surface area contributed by atoms with Crippen LogP contribution in [0, 0.1) is 5.82 Å². The molecule has 12 heteroatoms. The largest absolute Gasteiger partial charge is 0.495 e. The number of benzene rings is 2. The highest BCUT2D eigenvalue weighted by atomic mass is 35.5. The molecular weight excluding hydrogens is 518 g/mol. The molecule has 0 radical (unpaired) electrons. The minimum absolute atomic E-state index is 0.0185. The van der Waals surface area contributed by atoms with E-state index in [1.54, 1.807) is 0 Å². The molecular formula is C23H29Cl2FN4O4S. The van der Waals surface area contributed by atoms with Crippen molar-refractivity contribution >= 4 is 44.6 Å². The molecule has 2 aromatic carbocycles. The van der Waals surface area contributed by atoms with Crippen LogP contribution in [0.25, 0.3) is 0 Å². The van der Waals surface area contributed by atoms with E-state index in [-0.39, 0.29) is 37.7 Å². The van der Waals surface area contributed by atoms with Crippen LogP contribution >= 0.6 is 23.2 Å². The van der Waals surface area contributed by atoms with E-state index >= 15 is 0 Å². The lowest BCUT2D eigenvalue weighted by molar-refractivity contribution is 0.0962. The molecule has 0 spiro atoms. The van der Waals surface area contributed by atoms with Gasteiger partial charge >= 0.3 is 0 Å². The van der Waals surface area contributed by atoms with Gasteiger partial charge in [-0.1, -0.05) is 30.1 Å². The molecule has 3 rings (SSSR count). The standard InChI is InChI=1S/C23H29Cl2FN4O4S/c1-4-35(32,33)22-11-21(34-3)18(25)10-20(22)28-29-23(31)14-8-17(24)16(19(26)9-14)13-30-7-5-6-15(12-30)27-2/h8-11,15,27-28H,4-7,12-13H2,1-3H3,(H,29,31)/t15-/m0/s1. The third-order valence-corrected chi connectivity index (χ3v) is 8.38. The predicted octanol–water partition coefficient (Wildman–Crippen LogP) is 3.88. The fourth-order valence-corrected chi connectivity index (χ4v) is 5.49. The molecule has 2 aromatic rings. The summed E-state index contributed by atoms with van der Waals surface area (Å²) in [6.45, 7) is 3.46. The van der Waals surface area contributed by atoms with Gasteiger partial charge < -0.3 is 10.1 Å². The quantitative estimate of drug-likeness (QED) is 0.410. The first-order valence-corrected chi connectivity index (χ1v) is 13.5. The molecule has 0 aliphatic carbocycles. The number of piperidine rings is 1. The topological polar surface area (TPSA) is 99.8 Å². The van der Waals surface area contributed by atoms with Crippen molar-refractivity contribution in [3.63, 3.8) is 0 Å². The molecule has 0 saturated carbocycles. The summed E-state index contributed by atoms with van der Waals surface area (Å²) in [7, 11) is -0.400. The summed E-state index contributed by atoms with van der Waals surface area (Å²) < 4.78 is 45.1. The number of halogens is 3. The van der Waals surface area contributed by atoms with Crippen LogP contribution in [0.2, 0.25) is 10.0 Å². The van der Waals surface area contributed by atoms with Crippen LogP contribution in [0.4, 0.5) is 10.1 Å².